The molecule has 22 heavy (non-hydrogen) atoms. The minimum Gasteiger partial charge on any atom is -0.326 e. The number of hydrogen-bond donors (Lipinski definition) is 3. The first-order chi connectivity index (χ1) is 9.95. The molecule has 1 heterocycles. The first kappa shape index (κ1) is 18.5. The van der Waals surface area contributed by atoms with Gasteiger partial charge < -0.3 is 16.4 Å². The molecule has 0 unspecified atom stereocenters. The molecule has 0 spiro atoms. The van der Waals surface area contributed by atoms with Gasteiger partial charge in [-0.25, -0.2) is 0 Å². The molecule has 1 aliphatic heterocycles. The lowest BCUT2D eigenvalue weighted by molar-refractivity contribution is -0.118. The summed E-state index contributed by atoms with van der Waals surface area (Å²) in [7, 11) is 0. The number of carbonyl (C=O) groups is 2. The highest BCUT2D eigenvalue weighted by Gasteiger charge is 2.17. The molecule has 2 amide bonds. The fourth-order valence-corrected chi connectivity index (χ4v) is 2.50. The number of hydrogen-bond acceptors (Lipinski definition) is 3. The van der Waals surface area contributed by atoms with Crippen molar-refractivity contribution in [2.24, 2.45) is 11.7 Å². The molecule has 1 aromatic rings. The van der Waals surface area contributed by atoms with Crippen LogP contribution < -0.4 is 16.4 Å². The molecular formula is C16H24ClN3O2. The van der Waals surface area contributed by atoms with E-state index in [9.17, 15) is 9.59 Å². The Morgan fingerprint density at radius 3 is 2.77 bits per heavy atom. The summed E-state index contributed by atoms with van der Waals surface area (Å²) in [6, 6.07) is 5.05. The average molecular weight is 326 g/mol. The van der Waals surface area contributed by atoms with E-state index in [0.29, 0.717) is 18.8 Å². The Morgan fingerprint density at radius 2 is 2.09 bits per heavy atom. The molecule has 0 saturated carbocycles. The van der Waals surface area contributed by atoms with Gasteiger partial charge >= 0.3 is 0 Å². The Kier molecular flexibility index (Phi) is 6.84. The van der Waals surface area contributed by atoms with E-state index < -0.39 is 6.04 Å². The van der Waals surface area contributed by atoms with Gasteiger partial charge in [0.15, 0.2) is 0 Å². The molecule has 2 rings (SSSR count). The zero-order chi connectivity index (χ0) is 15.4. The maximum Gasteiger partial charge on any atom is 0.241 e. The number of aryl methyl sites for hydroxylation is 1. The Labute approximate surface area is 137 Å². The van der Waals surface area contributed by atoms with Crippen molar-refractivity contribution in [3.63, 3.8) is 0 Å². The highest BCUT2D eigenvalue weighted by atomic mass is 35.5. The summed E-state index contributed by atoms with van der Waals surface area (Å²) in [6.07, 6.45) is 2.85. The van der Waals surface area contributed by atoms with Crippen LogP contribution in [0.3, 0.4) is 0 Å². The fourth-order valence-electron chi connectivity index (χ4n) is 2.50. The molecule has 4 N–H and O–H groups in total. The van der Waals surface area contributed by atoms with Gasteiger partial charge in [0.2, 0.25) is 11.8 Å². The highest BCUT2D eigenvalue weighted by Crippen LogP contribution is 2.25. The first-order valence-corrected chi connectivity index (χ1v) is 7.45. The highest BCUT2D eigenvalue weighted by molar-refractivity contribution is 5.96. The van der Waals surface area contributed by atoms with E-state index in [-0.39, 0.29) is 24.2 Å². The van der Waals surface area contributed by atoms with Gasteiger partial charge in [-0.05, 0) is 48.9 Å². The van der Waals surface area contributed by atoms with Crippen LogP contribution in [0.25, 0.3) is 0 Å². The third-order valence-electron chi connectivity index (χ3n) is 3.56. The lowest BCUT2D eigenvalue weighted by Crippen LogP contribution is -2.36. The molecule has 0 aliphatic carbocycles. The SMILES string of the molecule is CC(C)C[C@H](N)C(=O)Nc1ccc2c(c1)CCCC(=O)N2.Cl. The molecule has 1 aliphatic rings. The summed E-state index contributed by atoms with van der Waals surface area (Å²) in [5.74, 6) is 0.263. The summed E-state index contributed by atoms with van der Waals surface area (Å²) < 4.78 is 0. The third kappa shape index (κ3) is 5.00. The predicted molar refractivity (Wildman–Crippen MR) is 91.3 cm³/mol. The van der Waals surface area contributed by atoms with Crippen molar-refractivity contribution in [2.45, 2.75) is 45.6 Å². The van der Waals surface area contributed by atoms with Gasteiger partial charge in [-0.15, -0.1) is 12.4 Å². The summed E-state index contributed by atoms with van der Waals surface area (Å²) in [4.78, 5) is 23.5. The normalized spacial score (nSPS) is 15.2. The lowest BCUT2D eigenvalue weighted by Gasteiger charge is -2.15. The van der Waals surface area contributed by atoms with Crippen molar-refractivity contribution in [2.75, 3.05) is 10.6 Å². The van der Waals surface area contributed by atoms with E-state index in [1.165, 1.54) is 0 Å². The quantitative estimate of drug-likeness (QED) is 0.795. The zero-order valence-electron chi connectivity index (χ0n) is 13.0. The minimum absolute atomic E-state index is 0. The van der Waals surface area contributed by atoms with Gasteiger partial charge in [0, 0.05) is 17.8 Å². The number of carbonyl (C=O) groups excluding carboxylic acids is 2. The second-order valence-electron chi connectivity index (χ2n) is 6.00. The van der Waals surface area contributed by atoms with Gasteiger partial charge in [0.1, 0.15) is 0 Å². The number of amides is 2. The lowest BCUT2D eigenvalue weighted by atomic mass is 10.0. The van der Waals surface area contributed by atoms with E-state index in [1.807, 2.05) is 26.0 Å². The largest absolute Gasteiger partial charge is 0.326 e. The molecule has 0 radical (unpaired) electrons. The van der Waals surface area contributed by atoms with Crippen LogP contribution in [0.15, 0.2) is 18.2 Å². The number of benzene rings is 1. The summed E-state index contributed by atoms with van der Waals surface area (Å²) >= 11 is 0. The van der Waals surface area contributed by atoms with Gasteiger partial charge in [0.05, 0.1) is 6.04 Å². The molecule has 0 bridgehead atoms. The molecule has 0 aromatic heterocycles. The molecular weight excluding hydrogens is 302 g/mol. The maximum atomic E-state index is 12.0. The molecule has 1 atom stereocenters. The van der Waals surface area contributed by atoms with E-state index in [0.717, 1.165) is 29.8 Å². The van der Waals surface area contributed by atoms with Crippen molar-refractivity contribution < 1.29 is 9.59 Å². The monoisotopic (exact) mass is 325 g/mol. The Balaban J connectivity index is 0.00000242. The fraction of sp³-hybridized carbons (Fsp3) is 0.500. The number of rotatable bonds is 4. The second kappa shape index (κ2) is 8.15. The number of nitrogens with two attached hydrogens (primary N) is 1. The van der Waals surface area contributed by atoms with E-state index >= 15 is 0 Å². The average Bonchev–Trinajstić information content (AvgIpc) is 2.58. The number of fused-ring (bicyclic) bond motifs is 1. The minimum atomic E-state index is -0.497. The standard InChI is InChI=1S/C16H23N3O2.ClH/c1-10(2)8-13(17)16(21)18-12-6-7-14-11(9-12)4-3-5-15(20)19-14;/h6-7,9-10,13H,3-5,8,17H2,1-2H3,(H,18,21)(H,19,20);1H/t13-;/m0./s1. The van der Waals surface area contributed by atoms with E-state index in [1.54, 1.807) is 6.07 Å². The summed E-state index contributed by atoms with van der Waals surface area (Å²) in [5, 5.41) is 5.73. The van der Waals surface area contributed by atoms with Crippen LogP contribution in [0.1, 0.15) is 38.7 Å². The van der Waals surface area contributed by atoms with Crippen LogP contribution in [0.2, 0.25) is 0 Å². The maximum absolute atomic E-state index is 12.0. The second-order valence-corrected chi connectivity index (χ2v) is 6.00. The molecule has 0 fully saturated rings. The Morgan fingerprint density at radius 1 is 1.36 bits per heavy atom. The third-order valence-corrected chi connectivity index (χ3v) is 3.56. The van der Waals surface area contributed by atoms with Crippen LogP contribution in [0.4, 0.5) is 11.4 Å². The Hall–Kier alpha value is -1.59. The first-order valence-electron chi connectivity index (χ1n) is 7.45. The van der Waals surface area contributed by atoms with Crippen LogP contribution in [0, 0.1) is 5.92 Å². The predicted octanol–water partition coefficient (Wildman–Crippen LogP) is 2.70. The zero-order valence-corrected chi connectivity index (χ0v) is 13.8. The number of halogens is 1. The van der Waals surface area contributed by atoms with Gasteiger partial charge in [-0.3, -0.25) is 9.59 Å². The van der Waals surface area contributed by atoms with Crippen LogP contribution in [-0.2, 0) is 16.0 Å². The van der Waals surface area contributed by atoms with Gasteiger partial charge in [-0.1, -0.05) is 13.8 Å². The van der Waals surface area contributed by atoms with Gasteiger partial charge in [0.25, 0.3) is 0 Å². The van der Waals surface area contributed by atoms with Crippen LogP contribution >= 0.6 is 12.4 Å². The molecule has 122 valence electrons. The van der Waals surface area contributed by atoms with Gasteiger partial charge in [-0.2, -0.15) is 0 Å². The van der Waals surface area contributed by atoms with Crippen molar-refractivity contribution >= 4 is 35.6 Å². The van der Waals surface area contributed by atoms with E-state index in [2.05, 4.69) is 10.6 Å². The summed E-state index contributed by atoms with van der Waals surface area (Å²) in [5.41, 5.74) is 8.50. The van der Waals surface area contributed by atoms with E-state index in [4.69, 9.17) is 5.73 Å². The number of anilines is 2. The van der Waals surface area contributed by atoms with Crippen LogP contribution in [0.5, 0.6) is 0 Å². The number of nitrogens with one attached hydrogen (secondary N) is 2. The topological polar surface area (TPSA) is 84.2 Å². The molecule has 0 saturated heterocycles. The molecule has 1 aromatic carbocycles. The van der Waals surface area contributed by atoms with Crippen molar-refractivity contribution in [3.05, 3.63) is 23.8 Å². The van der Waals surface area contributed by atoms with Crippen molar-refractivity contribution in [3.8, 4) is 0 Å². The summed E-state index contributed by atoms with van der Waals surface area (Å²) in [6.45, 7) is 4.08. The Bertz CT molecular complexity index is 546. The molecule has 5 nitrogen and oxygen atoms in total. The smallest absolute Gasteiger partial charge is 0.241 e. The van der Waals surface area contributed by atoms with Crippen molar-refractivity contribution in [1.29, 1.82) is 0 Å². The van der Waals surface area contributed by atoms with Crippen LogP contribution in [-0.4, -0.2) is 17.9 Å². The van der Waals surface area contributed by atoms with Crippen molar-refractivity contribution in [1.82, 2.24) is 0 Å². The molecule has 6 heteroatoms.